The van der Waals surface area contributed by atoms with Gasteiger partial charge in [0, 0.05) is 0 Å². The van der Waals surface area contributed by atoms with E-state index in [4.69, 9.17) is 10.6 Å². The Bertz CT molecular complexity index is 446. The van der Waals surface area contributed by atoms with Crippen LogP contribution in [0.4, 0.5) is 11.5 Å². The topological polar surface area (TPSA) is 116 Å². The van der Waals surface area contributed by atoms with Gasteiger partial charge in [-0.3, -0.25) is 10.1 Å². The van der Waals surface area contributed by atoms with Crippen LogP contribution in [0.25, 0.3) is 0 Å². The first-order chi connectivity index (χ1) is 9.22. The number of hydrogen-bond acceptors (Lipinski definition) is 7. The predicted molar refractivity (Wildman–Crippen MR) is 68.6 cm³/mol. The Balaban J connectivity index is 2.21. The number of hydrogen-bond donors (Lipinski definition) is 2. The Labute approximate surface area is 110 Å². The van der Waals surface area contributed by atoms with Crippen molar-refractivity contribution in [3.63, 3.8) is 0 Å². The van der Waals surface area contributed by atoms with E-state index in [2.05, 4.69) is 15.4 Å². The fraction of sp³-hybridized carbons (Fsp3) is 0.636. The Kier molecular flexibility index (Phi) is 4.45. The van der Waals surface area contributed by atoms with Gasteiger partial charge >= 0.3 is 5.69 Å². The molecule has 0 aromatic carbocycles. The molecule has 0 atom stereocenters. The summed E-state index contributed by atoms with van der Waals surface area (Å²) in [6.07, 6.45) is 7.48. The van der Waals surface area contributed by atoms with Crippen LogP contribution in [-0.4, -0.2) is 21.0 Å². The van der Waals surface area contributed by atoms with Gasteiger partial charge in [0.1, 0.15) is 12.4 Å². The number of ether oxygens (including phenoxy) is 1. The number of anilines is 1. The zero-order chi connectivity index (χ0) is 13.7. The van der Waals surface area contributed by atoms with Crippen LogP contribution >= 0.6 is 0 Å². The summed E-state index contributed by atoms with van der Waals surface area (Å²) in [7, 11) is 0. The van der Waals surface area contributed by atoms with E-state index in [0.717, 1.165) is 25.7 Å². The molecule has 1 aliphatic carbocycles. The van der Waals surface area contributed by atoms with Gasteiger partial charge in [0.15, 0.2) is 0 Å². The smallest absolute Gasteiger partial charge is 0.374 e. The van der Waals surface area contributed by atoms with E-state index >= 15 is 0 Å². The second-order valence-electron chi connectivity index (χ2n) is 4.51. The first-order valence-electron chi connectivity index (χ1n) is 6.35. The lowest BCUT2D eigenvalue weighted by Crippen LogP contribution is -2.18. The minimum absolute atomic E-state index is 0.0140. The van der Waals surface area contributed by atoms with Gasteiger partial charge in [0.25, 0.3) is 5.88 Å². The number of nitrogens with one attached hydrogen (secondary N) is 1. The van der Waals surface area contributed by atoms with Gasteiger partial charge < -0.3 is 10.2 Å². The van der Waals surface area contributed by atoms with Crippen molar-refractivity contribution in [1.29, 1.82) is 0 Å². The molecule has 1 aromatic rings. The second-order valence-corrected chi connectivity index (χ2v) is 4.51. The lowest BCUT2D eigenvalue weighted by Gasteiger charge is -2.16. The van der Waals surface area contributed by atoms with E-state index in [1.807, 2.05) is 0 Å². The third kappa shape index (κ3) is 3.28. The van der Waals surface area contributed by atoms with Crippen molar-refractivity contribution in [1.82, 2.24) is 9.97 Å². The predicted octanol–water partition coefficient (Wildman–Crippen LogP) is 1.77. The summed E-state index contributed by atoms with van der Waals surface area (Å²) in [5, 5.41) is 11.1. The molecule has 0 aliphatic heterocycles. The van der Waals surface area contributed by atoms with Crippen LogP contribution in [0.3, 0.4) is 0 Å². The molecule has 8 nitrogen and oxygen atoms in total. The Morgan fingerprint density at radius 2 is 2.00 bits per heavy atom. The van der Waals surface area contributed by atoms with Crippen molar-refractivity contribution in [2.75, 3.05) is 5.43 Å². The van der Waals surface area contributed by atoms with Crippen LogP contribution in [0.5, 0.6) is 5.88 Å². The number of nitrogen functional groups attached to an aromatic ring is 1. The van der Waals surface area contributed by atoms with Crippen LogP contribution in [0.15, 0.2) is 6.33 Å². The number of aromatic nitrogens is 2. The van der Waals surface area contributed by atoms with Gasteiger partial charge in [-0.2, -0.15) is 4.98 Å². The molecule has 0 radical (unpaired) electrons. The molecule has 1 saturated carbocycles. The molecule has 0 unspecified atom stereocenters. The molecule has 3 N–H and O–H groups in total. The lowest BCUT2D eigenvalue weighted by molar-refractivity contribution is -0.385. The molecular weight excluding hydrogens is 250 g/mol. The monoisotopic (exact) mass is 267 g/mol. The molecular formula is C11H17N5O3. The van der Waals surface area contributed by atoms with Gasteiger partial charge in [-0.1, -0.05) is 12.8 Å². The van der Waals surface area contributed by atoms with E-state index in [1.54, 1.807) is 0 Å². The van der Waals surface area contributed by atoms with Crippen molar-refractivity contribution in [2.24, 2.45) is 5.84 Å². The van der Waals surface area contributed by atoms with E-state index in [0.29, 0.717) is 0 Å². The number of nitrogens with zero attached hydrogens (tertiary/aromatic N) is 3. The largest absolute Gasteiger partial charge is 0.469 e. The summed E-state index contributed by atoms with van der Waals surface area (Å²) in [6.45, 7) is 0. The SMILES string of the molecule is NNc1ncnc(OC2CCCCCC2)c1[N+](=O)[O-]. The van der Waals surface area contributed by atoms with Crippen LogP contribution in [0, 0.1) is 10.1 Å². The summed E-state index contributed by atoms with van der Waals surface area (Å²) >= 11 is 0. The third-order valence-corrected chi connectivity index (χ3v) is 3.19. The van der Waals surface area contributed by atoms with Crippen molar-refractivity contribution >= 4 is 11.5 Å². The van der Waals surface area contributed by atoms with E-state index in [1.165, 1.54) is 19.2 Å². The van der Waals surface area contributed by atoms with Gasteiger partial charge in [0.05, 0.1) is 4.92 Å². The zero-order valence-corrected chi connectivity index (χ0v) is 10.5. The number of nitro groups is 1. The van der Waals surface area contributed by atoms with Crippen LogP contribution in [-0.2, 0) is 0 Å². The highest BCUT2D eigenvalue weighted by molar-refractivity contribution is 5.60. The number of hydrazine groups is 1. The second kappa shape index (κ2) is 6.28. The van der Waals surface area contributed by atoms with Crippen LogP contribution in [0.2, 0.25) is 0 Å². The van der Waals surface area contributed by atoms with E-state index in [9.17, 15) is 10.1 Å². The molecule has 8 heteroatoms. The quantitative estimate of drug-likeness (QED) is 0.369. The summed E-state index contributed by atoms with van der Waals surface area (Å²) < 4.78 is 5.68. The molecule has 1 aliphatic rings. The minimum atomic E-state index is -0.582. The molecule has 0 bridgehead atoms. The summed E-state index contributed by atoms with van der Waals surface area (Å²) in [5.41, 5.74) is 1.88. The summed E-state index contributed by atoms with van der Waals surface area (Å²) in [5.74, 6) is 5.16. The van der Waals surface area contributed by atoms with Crippen molar-refractivity contribution < 1.29 is 9.66 Å². The molecule has 1 aromatic heterocycles. The molecule has 0 spiro atoms. The molecule has 2 rings (SSSR count). The van der Waals surface area contributed by atoms with E-state index < -0.39 is 4.92 Å². The molecule has 0 saturated heterocycles. The lowest BCUT2D eigenvalue weighted by atomic mass is 10.1. The van der Waals surface area contributed by atoms with Gasteiger partial charge in [-0.25, -0.2) is 10.8 Å². The zero-order valence-electron chi connectivity index (χ0n) is 10.5. The number of rotatable bonds is 4. The van der Waals surface area contributed by atoms with Crippen LogP contribution < -0.4 is 16.0 Å². The Morgan fingerprint density at radius 3 is 2.58 bits per heavy atom. The van der Waals surface area contributed by atoms with Crippen molar-refractivity contribution in [3.8, 4) is 5.88 Å². The van der Waals surface area contributed by atoms with E-state index in [-0.39, 0.29) is 23.5 Å². The molecule has 19 heavy (non-hydrogen) atoms. The fourth-order valence-corrected chi connectivity index (χ4v) is 2.24. The van der Waals surface area contributed by atoms with Gasteiger partial charge in [0.2, 0.25) is 5.82 Å². The third-order valence-electron chi connectivity index (χ3n) is 3.19. The molecule has 1 heterocycles. The summed E-state index contributed by atoms with van der Waals surface area (Å²) in [4.78, 5) is 18.1. The Morgan fingerprint density at radius 1 is 1.32 bits per heavy atom. The van der Waals surface area contributed by atoms with Gasteiger partial charge in [-0.05, 0) is 25.7 Å². The van der Waals surface area contributed by atoms with Crippen LogP contribution in [0.1, 0.15) is 38.5 Å². The van der Waals surface area contributed by atoms with Gasteiger partial charge in [-0.15, -0.1) is 0 Å². The maximum absolute atomic E-state index is 11.1. The Hall–Kier alpha value is -1.96. The highest BCUT2D eigenvalue weighted by Gasteiger charge is 2.26. The first-order valence-corrected chi connectivity index (χ1v) is 6.35. The maximum Gasteiger partial charge on any atom is 0.374 e. The summed E-state index contributed by atoms with van der Waals surface area (Å²) in [6, 6.07) is 0. The highest BCUT2D eigenvalue weighted by atomic mass is 16.6. The molecule has 1 fully saturated rings. The maximum atomic E-state index is 11.1. The normalized spacial score (nSPS) is 16.7. The number of nitrogens with two attached hydrogens (primary N) is 1. The van der Waals surface area contributed by atoms with Crippen molar-refractivity contribution in [2.45, 2.75) is 44.6 Å². The first kappa shape index (κ1) is 13.5. The molecule has 0 amide bonds. The standard InChI is InChI=1S/C11H17N5O3/c12-15-10-9(16(17)18)11(14-7-13-10)19-8-5-3-1-2-4-6-8/h7-8H,1-6,12H2,(H,13,14,15). The molecule has 104 valence electrons. The highest BCUT2D eigenvalue weighted by Crippen LogP contribution is 2.32. The fourth-order valence-electron chi connectivity index (χ4n) is 2.24. The average Bonchev–Trinajstić information content (AvgIpc) is 2.66. The minimum Gasteiger partial charge on any atom is -0.469 e. The average molecular weight is 267 g/mol. The van der Waals surface area contributed by atoms with Crippen molar-refractivity contribution in [3.05, 3.63) is 16.4 Å².